The molecule has 5 aliphatic carbocycles. The van der Waals surface area contributed by atoms with E-state index in [9.17, 15) is 0 Å². The molecule has 0 heteroatoms. The smallest absolute Gasteiger partial charge is 0.00919 e. The zero-order chi connectivity index (χ0) is 37.0. The number of hydrogen-bond donors (Lipinski definition) is 0. The second-order valence-corrected chi connectivity index (χ2v) is 18.9. The maximum absolute atomic E-state index is 4.00. The van der Waals surface area contributed by atoms with Crippen molar-refractivity contribution in [2.75, 3.05) is 0 Å². The second-order valence-electron chi connectivity index (χ2n) is 18.9. The van der Waals surface area contributed by atoms with Crippen LogP contribution in [0.1, 0.15) is 95.9 Å². The Hall–Kier alpha value is -4.16. The van der Waals surface area contributed by atoms with Gasteiger partial charge in [-0.1, -0.05) is 195 Å². The minimum atomic E-state index is 0.0385. The first-order valence-electron chi connectivity index (χ1n) is 20.6. The SMILES string of the molecule is C=C/C=C\C=C1\CC(C2CCCC2)(C2C3C=C(c4ccccc4)C(C(C)(C)C)=CC3C3C=C(C(C)(C)C)C(c4ccccc4)=CC32)Cc2ccccc21. The van der Waals surface area contributed by atoms with E-state index in [-0.39, 0.29) is 16.2 Å². The first-order chi connectivity index (χ1) is 25.5. The highest BCUT2D eigenvalue weighted by Gasteiger charge is 2.61. The van der Waals surface area contributed by atoms with Crippen LogP contribution in [0.15, 0.2) is 151 Å². The quantitative estimate of drug-likeness (QED) is 0.225. The van der Waals surface area contributed by atoms with Gasteiger partial charge in [-0.05, 0) is 128 Å². The Balaban J connectivity index is 1.41. The number of hydrogen-bond acceptors (Lipinski definition) is 0. The van der Waals surface area contributed by atoms with Crippen LogP contribution in [0.3, 0.4) is 0 Å². The molecular weight excluding hydrogens is 637 g/mol. The van der Waals surface area contributed by atoms with E-state index in [4.69, 9.17) is 0 Å². The van der Waals surface area contributed by atoms with Gasteiger partial charge in [0.15, 0.2) is 0 Å². The lowest BCUT2D eigenvalue weighted by molar-refractivity contribution is 0.0367. The molecule has 3 aromatic carbocycles. The topological polar surface area (TPSA) is 0 Å². The van der Waals surface area contributed by atoms with E-state index in [1.807, 2.05) is 6.08 Å². The highest BCUT2D eigenvalue weighted by atomic mass is 14.6. The van der Waals surface area contributed by atoms with Crippen molar-refractivity contribution < 1.29 is 0 Å². The molecule has 5 unspecified atom stereocenters. The second kappa shape index (κ2) is 13.9. The lowest BCUT2D eigenvalue weighted by Crippen LogP contribution is -2.46. The average molecular weight is 697 g/mol. The molecule has 0 N–H and O–H groups in total. The van der Waals surface area contributed by atoms with E-state index in [0.717, 1.165) is 6.42 Å². The maximum atomic E-state index is 4.00. The zero-order valence-corrected chi connectivity index (χ0v) is 33.1. The predicted molar refractivity (Wildman–Crippen MR) is 228 cm³/mol. The predicted octanol–water partition coefficient (Wildman–Crippen LogP) is 14.2. The Kier molecular flexibility index (Phi) is 9.41. The summed E-state index contributed by atoms with van der Waals surface area (Å²) in [5.41, 5.74) is 13.5. The molecule has 0 aliphatic heterocycles. The summed E-state index contributed by atoms with van der Waals surface area (Å²) in [6.45, 7) is 18.6. The van der Waals surface area contributed by atoms with Gasteiger partial charge < -0.3 is 0 Å². The van der Waals surface area contributed by atoms with E-state index in [1.54, 1.807) is 5.56 Å². The van der Waals surface area contributed by atoms with Crippen LogP contribution in [-0.4, -0.2) is 0 Å². The van der Waals surface area contributed by atoms with E-state index < -0.39 is 0 Å². The molecule has 0 aromatic heterocycles. The highest BCUT2D eigenvalue weighted by molar-refractivity contribution is 5.84. The van der Waals surface area contributed by atoms with E-state index in [0.29, 0.717) is 35.5 Å². The molecule has 0 radical (unpaired) electrons. The minimum absolute atomic E-state index is 0.0385. The van der Waals surface area contributed by atoms with Crippen molar-refractivity contribution in [3.8, 4) is 0 Å². The number of allylic oxidation sites excluding steroid dienone is 13. The molecule has 2 saturated carbocycles. The van der Waals surface area contributed by atoms with Gasteiger partial charge in [-0.2, -0.15) is 0 Å². The fourth-order valence-corrected chi connectivity index (χ4v) is 11.6. The standard InChI is InChI=1S/C53H60/c1-8-9-12-25-38-34-53(40-27-18-19-28-40,35-39-26-17-20-29-41(38)39)50-46-30-42(36-21-13-10-14-22-36)48(51(2,3)4)32-44(46)45-33-49(52(5,6)7)43(31-47(45)50)37-23-15-11-16-24-37/h8-17,20-26,29-33,40,44-47,50H,1,18-19,27-28,34-35H2,2-7H3/b12-9-,38-25-. The Bertz CT molecular complexity index is 1930. The first kappa shape index (κ1) is 35.8. The molecule has 3 aromatic rings. The van der Waals surface area contributed by atoms with Crippen LogP contribution in [0.4, 0.5) is 0 Å². The maximum Gasteiger partial charge on any atom is -0.00919 e. The normalized spacial score (nSPS) is 29.5. The van der Waals surface area contributed by atoms with E-state index >= 15 is 0 Å². The van der Waals surface area contributed by atoms with Crippen LogP contribution in [0.5, 0.6) is 0 Å². The summed E-state index contributed by atoms with van der Waals surface area (Å²) < 4.78 is 0. The van der Waals surface area contributed by atoms with Crippen LogP contribution >= 0.6 is 0 Å². The summed E-state index contributed by atoms with van der Waals surface area (Å²) in [7, 11) is 0. The molecule has 8 rings (SSSR count). The first-order valence-corrected chi connectivity index (χ1v) is 20.6. The Morgan fingerprint density at radius 2 is 1.09 bits per heavy atom. The third-order valence-corrected chi connectivity index (χ3v) is 13.7. The molecule has 5 aliphatic rings. The number of benzene rings is 3. The van der Waals surface area contributed by atoms with Gasteiger partial charge in [-0.15, -0.1) is 0 Å². The monoisotopic (exact) mass is 696 g/mol. The summed E-state index contributed by atoms with van der Waals surface area (Å²) in [4.78, 5) is 0. The average Bonchev–Trinajstić information content (AvgIpc) is 3.81. The van der Waals surface area contributed by atoms with Crippen LogP contribution in [0.2, 0.25) is 0 Å². The van der Waals surface area contributed by atoms with Crippen molar-refractivity contribution in [2.24, 2.45) is 51.8 Å². The fraction of sp³-hybridized carbons (Fsp3) is 0.396. The van der Waals surface area contributed by atoms with Crippen LogP contribution in [0.25, 0.3) is 16.7 Å². The molecule has 0 spiro atoms. The Morgan fingerprint density at radius 3 is 1.60 bits per heavy atom. The van der Waals surface area contributed by atoms with Gasteiger partial charge in [0.1, 0.15) is 0 Å². The summed E-state index contributed by atoms with van der Waals surface area (Å²) in [5.74, 6) is 3.03. The highest BCUT2D eigenvalue weighted by Crippen LogP contribution is 2.68. The molecule has 0 amide bonds. The van der Waals surface area contributed by atoms with Crippen molar-refractivity contribution in [2.45, 2.75) is 80.1 Å². The van der Waals surface area contributed by atoms with Crippen molar-refractivity contribution in [1.29, 1.82) is 0 Å². The van der Waals surface area contributed by atoms with Crippen molar-refractivity contribution in [1.82, 2.24) is 0 Å². The van der Waals surface area contributed by atoms with Gasteiger partial charge in [0.2, 0.25) is 0 Å². The van der Waals surface area contributed by atoms with Gasteiger partial charge in [0.25, 0.3) is 0 Å². The van der Waals surface area contributed by atoms with E-state index in [2.05, 4.69) is 176 Å². The molecule has 5 atom stereocenters. The fourth-order valence-electron chi connectivity index (χ4n) is 11.6. The molecular formula is C53H60. The lowest BCUT2D eigenvalue weighted by Gasteiger charge is -2.52. The third-order valence-electron chi connectivity index (χ3n) is 13.7. The molecule has 0 nitrogen and oxygen atoms in total. The molecule has 0 saturated heterocycles. The summed E-state index contributed by atoms with van der Waals surface area (Å²) >= 11 is 0. The summed E-state index contributed by atoms with van der Waals surface area (Å²) in [6.07, 6.45) is 27.6. The third kappa shape index (κ3) is 6.45. The van der Waals surface area contributed by atoms with Crippen LogP contribution < -0.4 is 0 Å². The van der Waals surface area contributed by atoms with Crippen LogP contribution in [0, 0.1) is 51.8 Å². The van der Waals surface area contributed by atoms with Gasteiger partial charge in [0, 0.05) is 0 Å². The molecule has 0 bridgehead atoms. The Labute approximate surface area is 320 Å². The van der Waals surface area contributed by atoms with Crippen molar-refractivity contribution in [3.05, 3.63) is 174 Å². The minimum Gasteiger partial charge on any atom is -0.0991 e. The largest absolute Gasteiger partial charge is 0.0991 e. The molecule has 272 valence electrons. The summed E-state index contributed by atoms with van der Waals surface area (Å²) in [6, 6.07) is 32.0. The van der Waals surface area contributed by atoms with Gasteiger partial charge in [-0.3, -0.25) is 0 Å². The number of rotatable bonds is 6. The summed E-state index contributed by atoms with van der Waals surface area (Å²) in [5, 5.41) is 0. The molecule has 2 fully saturated rings. The zero-order valence-electron chi connectivity index (χ0n) is 33.1. The Morgan fingerprint density at radius 1 is 0.585 bits per heavy atom. The number of fused-ring (bicyclic) bond motifs is 4. The van der Waals surface area contributed by atoms with Crippen molar-refractivity contribution in [3.63, 3.8) is 0 Å². The van der Waals surface area contributed by atoms with Gasteiger partial charge >= 0.3 is 0 Å². The van der Waals surface area contributed by atoms with Gasteiger partial charge in [-0.25, -0.2) is 0 Å². The molecule has 0 heterocycles. The van der Waals surface area contributed by atoms with E-state index in [1.165, 1.54) is 76.7 Å². The molecule has 53 heavy (non-hydrogen) atoms. The van der Waals surface area contributed by atoms with Crippen LogP contribution in [-0.2, 0) is 6.42 Å². The van der Waals surface area contributed by atoms with Gasteiger partial charge in [0.05, 0.1) is 0 Å². The van der Waals surface area contributed by atoms with Crippen molar-refractivity contribution >= 4 is 16.7 Å². The lowest BCUT2D eigenvalue weighted by atomic mass is 9.51.